The van der Waals surface area contributed by atoms with Crippen LogP contribution in [0.15, 0.2) is 18.6 Å². The maximum atomic E-state index is 13.7. The second kappa shape index (κ2) is 5.67. The van der Waals surface area contributed by atoms with Crippen LogP contribution in [0, 0.1) is 5.82 Å². The molecular formula is C14H19FN6. The predicted octanol–water partition coefficient (Wildman–Crippen LogP) is 1.79. The number of rotatable bonds is 3. The summed E-state index contributed by atoms with van der Waals surface area (Å²) in [6.45, 7) is 1.68. The number of anilines is 2. The Hall–Kier alpha value is -2.18. The number of imidazole rings is 1. The van der Waals surface area contributed by atoms with Gasteiger partial charge in [-0.15, -0.1) is 0 Å². The summed E-state index contributed by atoms with van der Waals surface area (Å²) in [7, 11) is 3.55. The van der Waals surface area contributed by atoms with Crippen molar-refractivity contribution in [3.05, 3.63) is 30.2 Å². The number of piperidine rings is 1. The summed E-state index contributed by atoms with van der Waals surface area (Å²) in [5.41, 5.74) is 0. The van der Waals surface area contributed by atoms with Crippen LogP contribution in [0.4, 0.5) is 16.2 Å². The van der Waals surface area contributed by atoms with Crippen LogP contribution >= 0.6 is 0 Å². The third-order valence-electron chi connectivity index (χ3n) is 3.75. The Balaban J connectivity index is 1.82. The highest BCUT2D eigenvalue weighted by molar-refractivity contribution is 5.44. The van der Waals surface area contributed by atoms with E-state index in [0.29, 0.717) is 17.7 Å². The zero-order valence-corrected chi connectivity index (χ0v) is 12.3. The van der Waals surface area contributed by atoms with Crippen LogP contribution in [-0.4, -0.2) is 47.1 Å². The lowest BCUT2D eigenvalue weighted by Gasteiger charge is -2.32. The van der Waals surface area contributed by atoms with Gasteiger partial charge in [0.05, 0.1) is 6.20 Å². The molecule has 2 aromatic heterocycles. The first-order valence-corrected chi connectivity index (χ1v) is 7.09. The van der Waals surface area contributed by atoms with Gasteiger partial charge in [-0.3, -0.25) is 0 Å². The normalized spacial score (nSPS) is 18.8. The Morgan fingerprint density at radius 1 is 1.38 bits per heavy atom. The van der Waals surface area contributed by atoms with Gasteiger partial charge in [0.25, 0.3) is 0 Å². The fourth-order valence-electron chi connectivity index (χ4n) is 2.70. The van der Waals surface area contributed by atoms with Gasteiger partial charge in [-0.05, 0) is 12.8 Å². The third kappa shape index (κ3) is 2.81. The van der Waals surface area contributed by atoms with Gasteiger partial charge in [-0.1, -0.05) is 0 Å². The largest absolute Gasteiger partial charge is 0.360 e. The molecule has 1 aliphatic rings. The quantitative estimate of drug-likeness (QED) is 0.934. The fraction of sp³-hybridized carbons (Fsp3) is 0.500. The Labute approximate surface area is 123 Å². The van der Waals surface area contributed by atoms with Crippen molar-refractivity contribution in [2.45, 2.75) is 18.8 Å². The molecule has 6 nitrogen and oxygen atoms in total. The van der Waals surface area contributed by atoms with Gasteiger partial charge in [0.1, 0.15) is 5.82 Å². The third-order valence-corrected chi connectivity index (χ3v) is 3.75. The van der Waals surface area contributed by atoms with Gasteiger partial charge in [0, 0.05) is 45.5 Å². The van der Waals surface area contributed by atoms with E-state index in [4.69, 9.17) is 0 Å². The van der Waals surface area contributed by atoms with Gasteiger partial charge in [-0.2, -0.15) is 4.98 Å². The first-order chi connectivity index (χ1) is 10.1. The highest BCUT2D eigenvalue weighted by Gasteiger charge is 2.25. The maximum Gasteiger partial charge on any atom is 0.227 e. The van der Waals surface area contributed by atoms with Crippen molar-refractivity contribution in [3.63, 3.8) is 0 Å². The second-order valence-electron chi connectivity index (χ2n) is 5.50. The van der Waals surface area contributed by atoms with Crippen molar-refractivity contribution in [3.8, 4) is 0 Å². The smallest absolute Gasteiger partial charge is 0.227 e. The zero-order valence-electron chi connectivity index (χ0n) is 12.3. The lowest BCUT2D eigenvalue weighted by molar-refractivity contribution is 0.487. The van der Waals surface area contributed by atoms with Crippen LogP contribution in [0.3, 0.4) is 0 Å². The van der Waals surface area contributed by atoms with Crippen molar-refractivity contribution >= 4 is 11.8 Å². The Morgan fingerprint density at radius 2 is 2.24 bits per heavy atom. The Kier molecular flexibility index (Phi) is 3.72. The number of aromatic amines is 1. The summed E-state index contributed by atoms with van der Waals surface area (Å²) < 4.78 is 13.7. The Morgan fingerprint density at radius 3 is 2.95 bits per heavy atom. The van der Waals surface area contributed by atoms with Gasteiger partial charge >= 0.3 is 0 Å². The average Bonchev–Trinajstić information content (AvgIpc) is 3.02. The molecule has 1 aliphatic heterocycles. The standard InChI is InChI=1S/C14H19FN6/c1-20(2)13-11(15)8-18-14(19-13)21-7-3-4-10(9-21)12-16-5-6-17-12/h5-6,8,10H,3-4,7,9H2,1-2H3,(H,16,17). The number of halogens is 1. The molecule has 3 heterocycles. The lowest BCUT2D eigenvalue weighted by Crippen LogP contribution is -2.36. The minimum atomic E-state index is -0.400. The number of hydrogen-bond donors (Lipinski definition) is 1. The second-order valence-corrected chi connectivity index (χ2v) is 5.50. The predicted molar refractivity (Wildman–Crippen MR) is 79.1 cm³/mol. The maximum absolute atomic E-state index is 13.7. The first kappa shape index (κ1) is 13.8. The molecule has 7 heteroatoms. The fourth-order valence-corrected chi connectivity index (χ4v) is 2.70. The van der Waals surface area contributed by atoms with Crippen LogP contribution in [-0.2, 0) is 0 Å². The molecule has 112 valence electrons. The molecule has 1 fully saturated rings. The highest BCUT2D eigenvalue weighted by Crippen LogP contribution is 2.27. The van der Waals surface area contributed by atoms with Crippen LogP contribution in [0.2, 0.25) is 0 Å². The minimum Gasteiger partial charge on any atom is -0.360 e. The van der Waals surface area contributed by atoms with Gasteiger partial charge in [0.2, 0.25) is 5.95 Å². The molecule has 0 aliphatic carbocycles. The van der Waals surface area contributed by atoms with Crippen LogP contribution in [0.5, 0.6) is 0 Å². The average molecular weight is 290 g/mol. The Bertz CT molecular complexity index is 598. The molecule has 0 spiro atoms. The van der Waals surface area contributed by atoms with Gasteiger partial charge in [-0.25, -0.2) is 14.4 Å². The molecule has 0 amide bonds. The number of nitrogens with one attached hydrogen (secondary N) is 1. The van der Waals surface area contributed by atoms with Crippen molar-refractivity contribution in [1.82, 2.24) is 19.9 Å². The molecule has 0 saturated carbocycles. The summed E-state index contributed by atoms with van der Waals surface area (Å²) in [6, 6.07) is 0. The topological polar surface area (TPSA) is 60.9 Å². The van der Waals surface area contributed by atoms with E-state index in [1.807, 2.05) is 6.20 Å². The van der Waals surface area contributed by atoms with Gasteiger partial charge in [0.15, 0.2) is 11.6 Å². The van der Waals surface area contributed by atoms with Crippen molar-refractivity contribution < 1.29 is 4.39 Å². The molecule has 0 bridgehead atoms. The first-order valence-electron chi connectivity index (χ1n) is 7.09. The lowest BCUT2D eigenvalue weighted by atomic mass is 9.98. The number of nitrogens with zero attached hydrogens (tertiary/aromatic N) is 5. The van der Waals surface area contributed by atoms with Crippen LogP contribution in [0.25, 0.3) is 0 Å². The molecule has 1 saturated heterocycles. The van der Waals surface area contributed by atoms with E-state index in [9.17, 15) is 4.39 Å². The van der Waals surface area contributed by atoms with E-state index >= 15 is 0 Å². The van der Waals surface area contributed by atoms with E-state index in [0.717, 1.165) is 31.8 Å². The van der Waals surface area contributed by atoms with E-state index in [1.165, 1.54) is 6.20 Å². The number of hydrogen-bond acceptors (Lipinski definition) is 5. The molecule has 21 heavy (non-hydrogen) atoms. The summed E-state index contributed by atoms with van der Waals surface area (Å²) >= 11 is 0. The van der Waals surface area contributed by atoms with Crippen molar-refractivity contribution in [2.75, 3.05) is 37.0 Å². The molecule has 1 N–H and O–H groups in total. The molecule has 0 aromatic carbocycles. The van der Waals surface area contributed by atoms with Gasteiger partial charge < -0.3 is 14.8 Å². The summed E-state index contributed by atoms with van der Waals surface area (Å²) in [6.07, 6.45) is 6.99. The van der Waals surface area contributed by atoms with E-state index in [-0.39, 0.29) is 0 Å². The minimum absolute atomic E-state index is 0.320. The molecule has 0 radical (unpaired) electrons. The monoisotopic (exact) mass is 290 g/mol. The van der Waals surface area contributed by atoms with Crippen molar-refractivity contribution in [1.29, 1.82) is 0 Å². The summed E-state index contributed by atoms with van der Waals surface area (Å²) in [5, 5.41) is 0. The molecule has 2 aromatic rings. The molecule has 3 rings (SSSR count). The molecular weight excluding hydrogens is 271 g/mol. The number of H-pyrrole nitrogens is 1. The van der Waals surface area contributed by atoms with Crippen LogP contribution in [0.1, 0.15) is 24.6 Å². The molecule has 1 atom stereocenters. The SMILES string of the molecule is CN(C)c1nc(N2CCCC(c3ncc[nH]3)C2)ncc1F. The summed E-state index contributed by atoms with van der Waals surface area (Å²) in [5.74, 6) is 1.83. The number of aromatic nitrogens is 4. The molecule has 1 unspecified atom stereocenters. The van der Waals surface area contributed by atoms with E-state index in [1.54, 1.807) is 25.2 Å². The van der Waals surface area contributed by atoms with Crippen LogP contribution < -0.4 is 9.80 Å². The van der Waals surface area contributed by atoms with E-state index in [2.05, 4.69) is 24.8 Å². The van der Waals surface area contributed by atoms with Crippen molar-refractivity contribution in [2.24, 2.45) is 0 Å². The highest BCUT2D eigenvalue weighted by atomic mass is 19.1. The zero-order chi connectivity index (χ0) is 14.8. The van der Waals surface area contributed by atoms with E-state index < -0.39 is 5.82 Å². The summed E-state index contributed by atoms with van der Waals surface area (Å²) in [4.78, 5) is 19.8.